The van der Waals surface area contributed by atoms with E-state index in [0.717, 1.165) is 0 Å². The molecule has 0 aliphatic rings. The number of carbonyl (C=O) groups is 2. The van der Waals surface area contributed by atoms with Crippen LogP contribution in [0.2, 0.25) is 0 Å². The van der Waals surface area contributed by atoms with Gasteiger partial charge >= 0.3 is 0 Å². The lowest BCUT2D eigenvalue weighted by Crippen LogP contribution is -2.14. The molecule has 0 aliphatic carbocycles. The number of benzene rings is 1. The Morgan fingerprint density at radius 3 is 2.65 bits per heavy atom. The van der Waals surface area contributed by atoms with Crippen molar-refractivity contribution in [2.24, 2.45) is 0 Å². The van der Waals surface area contributed by atoms with E-state index in [1.54, 1.807) is 30.3 Å². The summed E-state index contributed by atoms with van der Waals surface area (Å²) >= 11 is 2.52. The highest BCUT2D eigenvalue weighted by Gasteiger charge is 2.09. The topological polar surface area (TPSA) is 84.0 Å². The van der Waals surface area contributed by atoms with Crippen LogP contribution in [0.5, 0.6) is 0 Å². The third-order valence-electron chi connectivity index (χ3n) is 3.09. The molecule has 1 aromatic carbocycles. The van der Waals surface area contributed by atoms with Crippen molar-refractivity contribution in [2.45, 2.75) is 5.03 Å². The molecule has 0 radical (unpaired) electrons. The molecule has 0 aliphatic heterocycles. The molecule has 2 aromatic heterocycles. The fourth-order valence-electron chi connectivity index (χ4n) is 1.95. The van der Waals surface area contributed by atoms with Crippen molar-refractivity contribution in [1.29, 1.82) is 0 Å². The van der Waals surface area contributed by atoms with Crippen LogP contribution in [0.4, 0.5) is 15.9 Å². The van der Waals surface area contributed by atoms with Crippen LogP contribution in [0.3, 0.4) is 0 Å². The normalized spacial score (nSPS) is 10.3. The summed E-state index contributed by atoms with van der Waals surface area (Å²) < 4.78 is 13.1. The highest BCUT2D eigenvalue weighted by atomic mass is 32.2. The molecule has 2 amide bonds. The van der Waals surface area contributed by atoms with Gasteiger partial charge in [0.25, 0.3) is 5.91 Å². The van der Waals surface area contributed by atoms with Crippen LogP contribution < -0.4 is 10.6 Å². The van der Waals surface area contributed by atoms with Gasteiger partial charge in [-0.15, -0.1) is 21.5 Å². The van der Waals surface area contributed by atoms with Crippen molar-refractivity contribution >= 4 is 46.4 Å². The minimum absolute atomic E-state index is 0.103. The van der Waals surface area contributed by atoms with E-state index in [0.29, 0.717) is 21.4 Å². The van der Waals surface area contributed by atoms with Gasteiger partial charge in [0.05, 0.1) is 10.6 Å². The molecule has 6 nitrogen and oxygen atoms in total. The third kappa shape index (κ3) is 5.11. The number of anilines is 2. The summed E-state index contributed by atoms with van der Waals surface area (Å²) in [5, 5.41) is 15.5. The molecule has 132 valence electrons. The van der Waals surface area contributed by atoms with E-state index in [9.17, 15) is 14.0 Å². The van der Waals surface area contributed by atoms with Crippen molar-refractivity contribution in [1.82, 2.24) is 10.2 Å². The number of carbonyl (C=O) groups excluding carboxylic acids is 2. The number of thioether (sulfide) groups is 1. The summed E-state index contributed by atoms with van der Waals surface area (Å²) in [5.74, 6) is -0.508. The Hall–Kier alpha value is -2.78. The first-order valence-corrected chi connectivity index (χ1v) is 9.33. The maximum atomic E-state index is 13.1. The fourth-order valence-corrected chi connectivity index (χ4v) is 3.19. The third-order valence-corrected chi connectivity index (χ3v) is 4.87. The number of nitrogens with zero attached hydrogens (tertiary/aromatic N) is 2. The van der Waals surface area contributed by atoms with Gasteiger partial charge in [-0.3, -0.25) is 9.59 Å². The molecule has 0 bridgehead atoms. The van der Waals surface area contributed by atoms with Crippen molar-refractivity contribution in [3.63, 3.8) is 0 Å². The molecular weight excluding hydrogens is 375 g/mol. The maximum absolute atomic E-state index is 13.1. The predicted molar refractivity (Wildman–Crippen MR) is 100 cm³/mol. The van der Waals surface area contributed by atoms with E-state index >= 15 is 0 Å². The summed E-state index contributed by atoms with van der Waals surface area (Å²) in [6.45, 7) is 0. The SMILES string of the molecule is O=C(CSc1ccc(NC(=O)c2cccs2)nn1)Nc1cccc(F)c1. The van der Waals surface area contributed by atoms with Crippen molar-refractivity contribution in [3.8, 4) is 0 Å². The minimum atomic E-state index is -0.415. The van der Waals surface area contributed by atoms with Gasteiger partial charge in [0.1, 0.15) is 10.8 Å². The number of hydrogen-bond acceptors (Lipinski definition) is 6. The van der Waals surface area contributed by atoms with E-state index in [4.69, 9.17) is 0 Å². The van der Waals surface area contributed by atoms with Crippen LogP contribution in [0.15, 0.2) is 58.9 Å². The quantitative estimate of drug-likeness (QED) is 0.630. The first kappa shape index (κ1) is 18.0. The molecule has 0 spiro atoms. The fraction of sp³-hybridized carbons (Fsp3) is 0.0588. The number of aromatic nitrogens is 2. The standard InChI is InChI=1S/C17H13FN4O2S2/c18-11-3-1-4-12(9-11)19-15(23)10-26-16-7-6-14(21-22-16)20-17(24)13-5-2-8-25-13/h1-9H,10H2,(H,19,23)(H,20,21,24). The average molecular weight is 388 g/mol. The number of amides is 2. The Bertz CT molecular complexity index is 901. The van der Waals surface area contributed by atoms with E-state index in [1.807, 2.05) is 5.38 Å². The van der Waals surface area contributed by atoms with Crippen LogP contribution in [0.1, 0.15) is 9.67 Å². The first-order chi connectivity index (χ1) is 12.6. The zero-order chi connectivity index (χ0) is 18.4. The summed E-state index contributed by atoms with van der Waals surface area (Å²) in [7, 11) is 0. The van der Waals surface area contributed by atoms with Crippen molar-refractivity contribution in [2.75, 3.05) is 16.4 Å². The van der Waals surface area contributed by atoms with E-state index < -0.39 is 5.82 Å². The monoisotopic (exact) mass is 388 g/mol. The van der Waals surface area contributed by atoms with Crippen LogP contribution in [-0.4, -0.2) is 27.8 Å². The highest BCUT2D eigenvalue weighted by molar-refractivity contribution is 7.99. The van der Waals surface area contributed by atoms with Gasteiger partial charge in [0.2, 0.25) is 5.91 Å². The molecule has 2 heterocycles. The molecule has 9 heteroatoms. The largest absolute Gasteiger partial charge is 0.325 e. The molecule has 0 atom stereocenters. The maximum Gasteiger partial charge on any atom is 0.266 e. The Balaban J connectivity index is 1.49. The summed E-state index contributed by atoms with van der Waals surface area (Å²) in [4.78, 5) is 24.4. The molecule has 0 unspecified atom stereocenters. The van der Waals surface area contributed by atoms with Crippen LogP contribution in [-0.2, 0) is 4.79 Å². The molecule has 0 fully saturated rings. The smallest absolute Gasteiger partial charge is 0.266 e. The first-order valence-electron chi connectivity index (χ1n) is 7.47. The number of rotatable bonds is 6. The lowest BCUT2D eigenvalue weighted by molar-refractivity contribution is -0.113. The molecule has 2 N–H and O–H groups in total. The van der Waals surface area contributed by atoms with Gasteiger partial charge in [-0.2, -0.15) is 0 Å². The van der Waals surface area contributed by atoms with Gasteiger partial charge in [0, 0.05) is 5.69 Å². The predicted octanol–water partition coefficient (Wildman–Crippen LogP) is 3.66. The lowest BCUT2D eigenvalue weighted by Gasteiger charge is -2.05. The minimum Gasteiger partial charge on any atom is -0.325 e. The van der Waals surface area contributed by atoms with Crippen molar-refractivity contribution < 1.29 is 14.0 Å². The summed E-state index contributed by atoms with van der Waals surface area (Å²) in [6, 6.07) is 12.5. The summed E-state index contributed by atoms with van der Waals surface area (Å²) in [6.07, 6.45) is 0. The lowest BCUT2D eigenvalue weighted by atomic mass is 10.3. The van der Waals surface area contributed by atoms with E-state index in [1.165, 1.54) is 41.3 Å². The molecule has 0 saturated carbocycles. The van der Waals surface area contributed by atoms with Gasteiger partial charge in [-0.05, 0) is 41.8 Å². The van der Waals surface area contributed by atoms with Gasteiger partial charge < -0.3 is 10.6 Å². The van der Waals surface area contributed by atoms with Crippen LogP contribution in [0, 0.1) is 5.82 Å². The molecule has 26 heavy (non-hydrogen) atoms. The highest BCUT2D eigenvalue weighted by Crippen LogP contribution is 2.17. The van der Waals surface area contributed by atoms with Crippen LogP contribution in [0.25, 0.3) is 0 Å². The van der Waals surface area contributed by atoms with Gasteiger partial charge in [-0.25, -0.2) is 4.39 Å². The Morgan fingerprint density at radius 1 is 1.08 bits per heavy atom. The summed E-state index contributed by atoms with van der Waals surface area (Å²) in [5.41, 5.74) is 0.397. The second-order valence-electron chi connectivity index (χ2n) is 5.04. The average Bonchev–Trinajstić information content (AvgIpc) is 3.16. The Kier molecular flexibility index (Phi) is 5.92. The Morgan fingerprint density at radius 2 is 1.96 bits per heavy atom. The second-order valence-corrected chi connectivity index (χ2v) is 6.98. The van der Waals surface area contributed by atoms with Gasteiger partial charge in [-0.1, -0.05) is 23.9 Å². The van der Waals surface area contributed by atoms with E-state index in [2.05, 4.69) is 20.8 Å². The number of thiophene rings is 1. The molecule has 0 saturated heterocycles. The number of hydrogen-bond donors (Lipinski definition) is 2. The zero-order valence-corrected chi connectivity index (χ0v) is 14.9. The second kappa shape index (κ2) is 8.54. The van der Waals surface area contributed by atoms with Crippen LogP contribution >= 0.6 is 23.1 Å². The molecule has 3 rings (SSSR count). The van der Waals surface area contributed by atoms with Gasteiger partial charge in [0.15, 0.2) is 5.82 Å². The number of nitrogens with one attached hydrogen (secondary N) is 2. The van der Waals surface area contributed by atoms with E-state index in [-0.39, 0.29) is 17.6 Å². The molecular formula is C17H13FN4O2S2. The van der Waals surface area contributed by atoms with Crippen molar-refractivity contribution in [3.05, 3.63) is 64.6 Å². The molecule has 3 aromatic rings. The zero-order valence-electron chi connectivity index (χ0n) is 13.3. The Labute approximate surface area is 156 Å². The number of halogens is 1.